The number of nitrogens with two attached hydrogens (primary N) is 1. The molecule has 2 aromatic rings. The molecule has 3 rings (SSSR count). The van der Waals surface area contributed by atoms with Gasteiger partial charge < -0.3 is 15.4 Å². The number of hydrogen-bond acceptors (Lipinski definition) is 5. The van der Waals surface area contributed by atoms with Gasteiger partial charge in [0.05, 0.1) is 25.3 Å². The van der Waals surface area contributed by atoms with Crippen LogP contribution in [0.4, 0.5) is 13.2 Å². The van der Waals surface area contributed by atoms with Gasteiger partial charge in [0, 0.05) is 35.7 Å². The summed E-state index contributed by atoms with van der Waals surface area (Å²) in [7, 11) is 5.79. The van der Waals surface area contributed by atoms with Crippen molar-refractivity contribution in [1.29, 1.82) is 0 Å². The number of carbonyl (C=O) groups excluding carboxylic acids is 1. The van der Waals surface area contributed by atoms with Crippen LogP contribution in [0.5, 0.6) is 5.75 Å². The molecular weight excluding hydrogens is 682 g/mol. The Balaban J connectivity index is 0.00000145. The van der Waals surface area contributed by atoms with E-state index in [1.807, 2.05) is 64.1 Å². The summed E-state index contributed by atoms with van der Waals surface area (Å²) < 4.78 is 45.9. The van der Waals surface area contributed by atoms with Gasteiger partial charge >= 0.3 is 6.18 Å². The summed E-state index contributed by atoms with van der Waals surface area (Å²) in [4.78, 5) is 19.6. The summed E-state index contributed by atoms with van der Waals surface area (Å²) in [6.07, 6.45) is 8.13. The number of alkyl halides is 3. The number of benzene rings is 2. The average molecular weight is 748 g/mol. The molecule has 0 bridgehead atoms. The fourth-order valence-electron chi connectivity index (χ4n) is 5.87. The fourth-order valence-corrected chi connectivity index (χ4v) is 6.07. The number of hydrogen-bond donors (Lipinski definition) is 2. The van der Waals surface area contributed by atoms with E-state index >= 15 is 0 Å². The van der Waals surface area contributed by atoms with Crippen LogP contribution >= 0.6 is 9.24 Å². The quantitative estimate of drug-likeness (QED) is 0.121. The molecule has 1 aliphatic carbocycles. The van der Waals surface area contributed by atoms with Crippen LogP contribution in [0.15, 0.2) is 85.1 Å². The molecule has 3 N–H and O–H groups in total. The maximum absolute atomic E-state index is 13.4. The number of ether oxygens (including phenoxy) is 1. The minimum atomic E-state index is -4.52. The lowest BCUT2D eigenvalue weighted by Gasteiger charge is -2.38. The molecule has 3 unspecified atom stereocenters. The van der Waals surface area contributed by atoms with Crippen molar-refractivity contribution in [3.05, 3.63) is 102 Å². The lowest BCUT2D eigenvalue weighted by molar-refractivity contribution is -0.137. The highest BCUT2D eigenvalue weighted by molar-refractivity contribution is 7.27. The Hall–Kier alpha value is -3.39. The van der Waals surface area contributed by atoms with Gasteiger partial charge in [-0.25, -0.2) is 0 Å². The number of rotatable bonds is 13. The van der Waals surface area contributed by atoms with Crippen molar-refractivity contribution in [3.63, 3.8) is 0 Å². The van der Waals surface area contributed by atoms with Gasteiger partial charge in [-0.3, -0.25) is 15.1 Å². The second-order valence-electron chi connectivity index (χ2n) is 12.4. The fraction of sp³-hybridized carbons (Fsp3) is 0.500. The van der Waals surface area contributed by atoms with Crippen molar-refractivity contribution >= 4 is 26.1 Å². The van der Waals surface area contributed by atoms with E-state index in [2.05, 4.69) is 53.5 Å². The molecule has 292 valence electrons. The van der Waals surface area contributed by atoms with Gasteiger partial charge in [-0.1, -0.05) is 110 Å². The van der Waals surface area contributed by atoms with E-state index in [9.17, 15) is 18.0 Å². The van der Waals surface area contributed by atoms with Crippen LogP contribution in [0.2, 0.25) is 0 Å². The zero-order valence-corrected chi connectivity index (χ0v) is 34.4. The Kier molecular flexibility index (Phi) is 23.9. The Morgan fingerprint density at radius 1 is 1.06 bits per heavy atom. The molecule has 10 heteroatoms. The molecule has 0 radical (unpaired) electrons. The Bertz CT molecular complexity index is 1420. The molecule has 6 nitrogen and oxygen atoms in total. The third-order valence-electron chi connectivity index (χ3n) is 8.44. The van der Waals surface area contributed by atoms with Crippen molar-refractivity contribution in [2.45, 2.75) is 106 Å². The van der Waals surface area contributed by atoms with Crippen LogP contribution in [0, 0.1) is 11.8 Å². The van der Waals surface area contributed by atoms with Gasteiger partial charge in [-0.15, -0.1) is 9.24 Å². The predicted octanol–water partition coefficient (Wildman–Crippen LogP) is 10.6. The van der Waals surface area contributed by atoms with Crippen LogP contribution in [-0.2, 0) is 15.8 Å². The van der Waals surface area contributed by atoms with Gasteiger partial charge in [-0.05, 0) is 74.3 Å². The monoisotopic (exact) mass is 747 g/mol. The molecule has 0 saturated heterocycles. The molecule has 1 aliphatic rings. The molecule has 0 aromatic heterocycles. The van der Waals surface area contributed by atoms with Crippen molar-refractivity contribution in [1.82, 2.24) is 10.4 Å². The standard InChI is InChI=1S/C30H37F3NO2P.C9H17NO.C2H6.CH5N/c1-8-23(11-10-19(3)4)29(20(5)24-12-15-26(37)16-13-24)34(22(7)35)21(6)27-17-14-25(30(31,32)33)18-28(27)36-9-2;1-8(10-11-2)9-6-4-3-5-7-9;2*1-2/h8,10-20,29H,6,9,37H2,1-5,7H3;9-10H,1,3-7H2,2H3;1-2H3;2H2,1H3/b11-10-,23-8+;;;. The van der Waals surface area contributed by atoms with Crippen LogP contribution in [0.3, 0.4) is 0 Å². The van der Waals surface area contributed by atoms with Gasteiger partial charge in [0.2, 0.25) is 5.91 Å². The summed E-state index contributed by atoms with van der Waals surface area (Å²) >= 11 is 0. The maximum atomic E-state index is 13.4. The average Bonchev–Trinajstić information content (AvgIpc) is 3.13. The smallest absolute Gasteiger partial charge is 0.416 e. The lowest BCUT2D eigenvalue weighted by atomic mass is 9.85. The van der Waals surface area contributed by atoms with Gasteiger partial charge in [0.1, 0.15) is 5.75 Å². The molecule has 1 saturated carbocycles. The summed E-state index contributed by atoms with van der Waals surface area (Å²) in [5, 5.41) is 1.04. The number of carbonyl (C=O) groups is 1. The number of halogens is 3. The second-order valence-corrected chi connectivity index (χ2v) is 13.1. The normalized spacial score (nSPS) is 14.4. The van der Waals surface area contributed by atoms with Gasteiger partial charge in [0.15, 0.2) is 0 Å². The molecule has 2 aromatic carbocycles. The summed E-state index contributed by atoms with van der Waals surface area (Å²) in [6, 6.07) is 10.8. The lowest BCUT2D eigenvalue weighted by Crippen LogP contribution is -2.41. The molecular formula is C42H65F3N3O3P. The van der Waals surface area contributed by atoms with E-state index in [1.54, 1.807) is 18.9 Å². The van der Waals surface area contributed by atoms with Crippen molar-refractivity contribution < 1.29 is 27.5 Å². The molecule has 0 spiro atoms. The van der Waals surface area contributed by atoms with Crippen molar-refractivity contribution in [2.75, 3.05) is 20.8 Å². The highest BCUT2D eigenvalue weighted by atomic mass is 31.0. The zero-order valence-electron chi connectivity index (χ0n) is 33.2. The summed E-state index contributed by atoms with van der Waals surface area (Å²) in [6.45, 7) is 23.5. The third kappa shape index (κ3) is 15.7. The van der Waals surface area contributed by atoms with E-state index in [0.717, 1.165) is 34.3 Å². The molecule has 0 heterocycles. The van der Waals surface area contributed by atoms with E-state index in [4.69, 9.17) is 9.57 Å². The highest BCUT2D eigenvalue weighted by Gasteiger charge is 2.35. The number of amides is 1. The molecule has 0 aliphatic heterocycles. The second kappa shape index (κ2) is 25.6. The van der Waals surface area contributed by atoms with E-state index in [-0.39, 0.29) is 35.8 Å². The minimum absolute atomic E-state index is 0.0343. The first-order valence-electron chi connectivity index (χ1n) is 18.2. The first-order valence-corrected chi connectivity index (χ1v) is 18.8. The van der Waals surface area contributed by atoms with Crippen LogP contribution in [0.25, 0.3) is 5.70 Å². The molecule has 52 heavy (non-hydrogen) atoms. The van der Waals surface area contributed by atoms with Crippen LogP contribution in [-0.4, -0.2) is 37.6 Å². The number of nitrogens with zero attached hydrogens (tertiary/aromatic N) is 1. The Morgan fingerprint density at radius 2 is 1.63 bits per heavy atom. The topological polar surface area (TPSA) is 76.8 Å². The third-order valence-corrected chi connectivity index (χ3v) is 8.83. The van der Waals surface area contributed by atoms with Gasteiger partial charge in [0.25, 0.3) is 0 Å². The largest absolute Gasteiger partial charge is 0.493 e. The van der Waals surface area contributed by atoms with E-state index in [0.29, 0.717) is 11.5 Å². The molecule has 1 amide bonds. The van der Waals surface area contributed by atoms with Crippen LogP contribution in [0.1, 0.15) is 110 Å². The first-order chi connectivity index (χ1) is 24.7. The van der Waals surface area contributed by atoms with E-state index in [1.165, 1.54) is 52.1 Å². The molecule has 1 fully saturated rings. The number of allylic oxidation sites excluding steroid dienone is 3. The zero-order chi connectivity index (χ0) is 40.0. The summed E-state index contributed by atoms with van der Waals surface area (Å²) in [5.74, 6) is 0.537. The van der Waals surface area contributed by atoms with Gasteiger partial charge in [-0.2, -0.15) is 13.2 Å². The Labute approximate surface area is 315 Å². The summed E-state index contributed by atoms with van der Waals surface area (Å²) in [5.41, 5.74) is 10.1. The van der Waals surface area contributed by atoms with Crippen molar-refractivity contribution in [3.8, 4) is 5.75 Å². The molecule has 3 atom stereocenters. The van der Waals surface area contributed by atoms with Crippen molar-refractivity contribution in [2.24, 2.45) is 17.6 Å². The van der Waals surface area contributed by atoms with E-state index < -0.39 is 17.8 Å². The van der Waals surface area contributed by atoms with Crippen LogP contribution < -0.4 is 21.3 Å². The SMILES string of the molecule is C=C(NOC)C1CCCCC1.C=C(c1ccc(C(F)(F)F)cc1OCC)N(C(C)=O)C(C(/C=C\C(C)C)=C/C)C(C)c1ccc(P)cc1.CC.CN. The number of nitrogens with one attached hydrogen (secondary N) is 1. The predicted molar refractivity (Wildman–Crippen MR) is 217 cm³/mol. The highest BCUT2D eigenvalue weighted by Crippen LogP contribution is 2.39. The maximum Gasteiger partial charge on any atom is 0.416 e. The number of hydroxylamine groups is 1. The minimum Gasteiger partial charge on any atom is -0.493 e. The first kappa shape index (κ1) is 48.6. The Morgan fingerprint density at radius 3 is 2.10 bits per heavy atom.